The van der Waals surface area contributed by atoms with Crippen molar-refractivity contribution < 1.29 is 23.5 Å². The van der Waals surface area contributed by atoms with Crippen LogP contribution in [0.1, 0.15) is 55.3 Å². The molecule has 1 fully saturated rings. The number of hydrogen-bond donors (Lipinski definition) is 1. The van der Waals surface area contributed by atoms with Crippen molar-refractivity contribution in [3.63, 3.8) is 0 Å². The average molecular weight is 573 g/mol. The second-order valence-corrected chi connectivity index (χ2v) is 11.8. The van der Waals surface area contributed by atoms with E-state index in [4.69, 9.17) is 9.15 Å². The summed E-state index contributed by atoms with van der Waals surface area (Å²) >= 11 is 1.35. The lowest BCUT2D eigenvalue weighted by Crippen LogP contribution is -2.47. The average Bonchev–Trinajstić information content (AvgIpc) is 3.67. The molecule has 2 bridgehead atoms. The van der Waals surface area contributed by atoms with Crippen LogP contribution in [0.3, 0.4) is 0 Å². The van der Waals surface area contributed by atoms with Gasteiger partial charge >= 0.3 is 0 Å². The Balaban J connectivity index is 1.27. The Bertz CT molecular complexity index is 1580. The predicted octanol–water partition coefficient (Wildman–Crippen LogP) is 4.55. The van der Waals surface area contributed by atoms with Crippen LogP contribution in [0, 0.1) is 13.8 Å². The van der Waals surface area contributed by atoms with Crippen molar-refractivity contribution in [1.29, 1.82) is 0 Å². The molecular formula is C31H32N4O5S. The van der Waals surface area contributed by atoms with Gasteiger partial charge in [0, 0.05) is 30.9 Å². The highest BCUT2D eigenvalue weighted by Crippen LogP contribution is 2.32. The van der Waals surface area contributed by atoms with E-state index in [1.54, 1.807) is 15.9 Å². The Morgan fingerprint density at radius 1 is 1.00 bits per heavy atom. The molecule has 2 aromatic carbocycles. The van der Waals surface area contributed by atoms with Crippen LogP contribution in [0.15, 0.2) is 59.0 Å². The molecule has 6 rings (SSSR count). The molecule has 2 aliphatic heterocycles. The predicted molar refractivity (Wildman–Crippen MR) is 155 cm³/mol. The van der Waals surface area contributed by atoms with Gasteiger partial charge in [-0.2, -0.15) is 0 Å². The minimum Gasteiger partial charge on any atom is -0.494 e. The largest absolute Gasteiger partial charge is 0.494 e. The van der Waals surface area contributed by atoms with E-state index in [1.807, 2.05) is 62.4 Å². The van der Waals surface area contributed by atoms with Crippen LogP contribution in [0.5, 0.6) is 5.75 Å². The Kier molecular flexibility index (Phi) is 7.49. The highest BCUT2D eigenvalue weighted by Gasteiger charge is 2.39. The smallest absolute Gasteiger partial charge is 0.289 e. The zero-order chi connectivity index (χ0) is 28.5. The van der Waals surface area contributed by atoms with Crippen LogP contribution in [0.25, 0.3) is 11.0 Å². The van der Waals surface area contributed by atoms with Gasteiger partial charge in [0.2, 0.25) is 5.91 Å². The van der Waals surface area contributed by atoms with Gasteiger partial charge in [-0.15, -0.1) is 11.3 Å². The number of likely N-dealkylation sites (tertiary alicyclic amines) is 1. The number of nitrogens with one attached hydrogen (secondary N) is 1. The summed E-state index contributed by atoms with van der Waals surface area (Å²) in [6, 6.07) is 16.8. The lowest BCUT2D eigenvalue weighted by Gasteiger charge is -2.25. The van der Waals surface area contributed by atoms with Gasteiger partial charge in [-0.25, -0.2) is 4.98 Å². The summed E-state index contributed by atoms with van der Waals surface area (Å²) in [6.07, 6.45) is 1.43. The Labute approximate surface area is 242 Å². The van der Waals surface area contributed by atoms with Crippen LogP contribution < -0.4 is 10.1 Å². The zero-order valence-corrected chi connectivity index (χ0v) is 23.9. The van der Waals surface area contributed by atoms with Crippen molar-refractivity contribution in [2.45, 2.75) is 38.6 Å². The van der Waals surface area contributed by atoms with E-state index in [2.05, 4.69) is 10.3 Å². The first-order chi connectivity index (χ1) is 19.9. The van der Waals surface area contributed by atoms with Crippen molar-refractivity contribution in [3.05, 3.63) is 81.5 Å². The number of rotatable bonds is 2. The van der Waals surface area contributed by atoms with Crippen LogP contribution in [-0.2, 0) is 4.79 Å². The van der Waals surface area contributed by atoms with Gasteiger partial charge in [0.1, 0.15) is 16.2 Å². The van der Waals surface area contributed by atoms with Crippen LogP contribution in [0.4, 0.5) is 0 Å². The van der Waals surface area contributed by atoms with Gasteiger partial charge in [-0.3, -0.25) is 14.4 Å². The van der Waals surface area contributed by atoms with Crippen molar-refractivity contribution in [3.8, 4) is 5.75 Å². The summed E-state index contributed by atoms with van der Waals surface area (Å²) in [7, 11) is 0. The monoisotopic (exact) mass is 572 g/mol. The van der Waals surface area contributed by atoms with E-state index in [0.717, 1.165) is 28.1 Å². The number of amides is 3. The van der Waals surface area contributed by atoms with Crippen LogP contribution in [0.2, 0.25) is 0 Å². The van der Waals surface area contributed by atoms with E-state index >= 15 is 0 Å². The maximum Gasteiger partial charge on any atom is 0.289 e. The Hall–Kier alpha value is -4.18. The topological polar surface area (TPSA) is 105 Å². The van der Waals surface area contributed by atoms with Crippen LogP contribution in [-0.4, -0.2) is 71.3 Å². The van der Waals surface area contributed by atoms with E-state index in [9.17, 15) is 14.4 Å². The number of aromatic nitrogens is 1. The highest BCUT2D eigenvalue weighted by molar-refractivity contribution is 7.13. The molecule has 10 heteroatoms. The van der Waals surface area contributed by atoms with Crippen LogP contribution >= 0.6 is 11.3 Å². The fourth-order valence-electron chi connectivity index (χ4n) is 5.68. The number of carbonyl (C=O) groups excluding carboxylic acids is 3. The summed E-state index contributed by atoms with van der Waals surface area (Å²) in [4.78, 5) is 48.8. The fourth-order valence-corrected chi connectivity index (χ4v) is 6.57. The van der Waals surface area contributed by atoms with Gasteiger partial charge in [-0.1, -0.05) is 30.3 Å². The molecule has 9 nitrogen and oxygen atoms in total. The fraction of sp³-hybridized carbons (Fsp3) is 0.355. The molecule has 4 heterocycles. The van der Waals surface area contributed by atoms with Gasteiger partial charge in [-0.05, 0) is 56.5 Å². The molecule has 212 valence electrons. The van der Waals surface area contributed by atoms with E-state index in [-0.39, 0.29) is 42.0 Å². The van der Waals surface area contributed by atoms with Gasteiger partial charge < -0.3 is 24.3 Å². The summed E-state index contributed by atoms with van der Waals surface area (Å²) in [5.41, 5.74) is 2.31. The molecular weight excluding hydrogens is 540 g/mol. The Morgan fingerprint density at radius 2 is 1.85 bits per heavy atom. The van der Waals surface area contributed by atoms with Gasteiger partial charge in [0.15, 0.2) is 5.76 Å². The number of nitrogens with zero attached hydrogens (tertiary/aromatic N) is 3. The van der Waals surface area contributed by atoms with Crippen molar-refractivity contribution >= 4 is 40.0 Å². The second kappa shape index (κ2) is 11.4. The first kappa shape index (κ1) is 27.0. The number of benzene rings is 2. The van der Waals surface area contributed by atoms with Crippen molar-refractivity contribution in [1.82, 2.24) is 20.1 Å². The molecule has 1 saturated heterocycles. The second-order valence-electron chi connectivity index (χ2n) is 10.6. The molecule has 4 aromatic rings. The molecule has 0 unspecified atom stereocenters. The van der Waals surface area contributed by atoms with Gasteiger partial charge in [0.05, 0.1) is 29.9 Å². The lowest BCUT2D eigenvalue weighted by molar-refractivity contribution is -0.122. The zero-order valence-electron chi connectivity index (χ0n) is 23.1. The number of hydrogen-bond acceptors (Lipinski definition) is 7. The van der Waals surface area contributed by atoms with Crippen molar-refractivity contribution in [2.75, 3.05) is 32.8 Å². The van der Waals surface area contributed by atoms with E-state index < -0.39 is 0 Å². The molecule has 0 aliphatic carbocycles. The summed E-state index contributed by atoms with van der Waals surface area (Å²) in [6.45, 7) is 5.27. The minimum atomic E-state index is -0.349. The van der Waals surface area contributed by atoms with Crippen molar-refractivity contribution in [2.24, 2.45) is 0 Å². The molecule has 3 amide bonds. The first-order valence-electron chi connectivity index (χ1n) is 13.9. The molecule has 1 N–H and O–H groups in total. The molecule has 0 saturated carbocycles. The number of thiazole rings is 1. The van der Waals surface area contributed by atoms with E-state index in [1.165, 1.54) is 11.3 Å². The Morgan fingerprint density at radius 3 is 2.66 bits per heavy atom. The third-order valence-corrected chi connectivity index (χ3v) is 8.75. The molecule has 2 aliphatic rings. The number of ether oxygens (including phenoxy) is 1. The number of carbonyl (C=O) groups is 3. The maximum absolute atomic E-state index is 13.5. The normalized spacial score (nSPS) is 19.8. The number of aryl methyl sites for hydroxylation is 2. The number of para-hydroxylation sites is 1. The third kappa shape index (κ3) is 5.69. The molecule has 2 atom stereocenters. The molecule has 0 spiro atoms. The SMILES string of the molecule is Cc1nc(C)c(C(=O)N2CCCCOc3cccc(c3)[C@H]3CN(C(=O)c4cc5ccccc5o4)C[C@@H]3NC(=O)C2)s1. The van der Waals surface area contributed by atoms with E-state index in [0.29, 0.717) is 48.8 Å². The number of fused-ring (bicyclic) bond motifs is 5. The number of furan rings is 1. The first-order valence-corrected chi connectivity index (χ1v) is 14.7. The molecule has 41 heavy (non-hydrogen) atoms. The summed E-state index contributed by atoms with van der Waals surface area (Å²) in [5, 5.41) is 4.83. The lowest BCUT2D eigenvalue weighted by atomic mass is 9.94. The third-order valence-electron chi connectivity index (χ3n) is 7.69. The summed E-state index contributed by atoms with van der Waals surface area (Å²) < 4.78 is 11.9. The quantitative estimate of drug-likeness (QED) is 0.378. The summed E-state index contributed by atoms with van der Waals surface area (Å²) in [5.74, 6) is 0.193. The molecule has 2 aromatic heterocycles. The highest BCUT2D eigenvalue weighted by atomic mass is 32.1. The maximum atomic E-state index is 13.5. The standard InChI is InChI=1S/C31H32N4O5S/c1-19-29(41-20(2)32-19)31(38)34-12-5-6-13-39-23-10-7-9-21(14-23)24-16-35(17-25(24)33-28(36)18-34)30(37)27-15-22-8-3-4-11-26(22)40-27/h3-4,7-11,14-15,24-25H,5-6,12-13,16-18H2,1-2H3,(H,33,36)/t24-,25+/m1/s1. The minimum absolute atomic E-state index is 0.0726. The molecule has 0 radical (unpaired) electrons. The van der Waals surface area contributed by atoms with Gasteiger partial charge in [0.25, 0.3) is 11.8 Å².